The van der Waals surface area contributed by atoms with Gasteiger partial charge in [-0.25, -0.2) is 0 Å². The lowest BCUT2D eigenvalue weighted by Gasteiger charge is -2.36. The monoisotopic (exact) mass is 277 g/mol. The normalized spacial score (nSPS) is 21.1. The van der Waals surface area contributed by atoms with Crippen molar-refractivity contribution in [3.8, 4) is 0 Å². The van der Waals surface area contributed by atoms with Gasteiger partial charge in [-0.2, -0.15) is 0 Å². The van der Waals surface area contributed by atoms with Crippen LogP contribution >= 0.6 is 15.9 Å². The Bertz CT molecular complexity index is 229. The number of carbonyl (C=O) groups is 1. The fraction of sp³-hybridized carbons (Fsp3) is 0.909. The Balaban J connectivity index is 2.68. The zero-order valence-corrected chi connectivity index (χ0v) is 11.3. The number of carbonyl (C=O) groups excluding carboxylic acids is 1. The van der Waals surface area contributed by atoms with Crippen LogP contribution in [0.15, 0.2) is 0 Å². The third-order valence-corrected chi connectivity index (χ3v) is 3.72. The Hall–Kier alpha value is -0.0900. The Labute approximate surface area is 100 Å². The molecule has 1 heterocycles. The summed E-state index contributed by atoms with van der Waals surface area (Å²) in [5.74, 6) is -0.0617. The van der Waals surface area contributed by atoms with Crippen molar-refractivity contribution in [3.63, 3.8) is 0 Å². The topological polar surface area (TPSA) is 38.3 Å². The summed E-state index contributed by atoms with van der Waals surface area (Å²) >= 11 is 3.45. The summed E-state index contributed by atoms with van der Waals surface area (Å²) in [5, 5.41) is 3.95. The van der Waals surface area contributed by atoms with Gasteiger partial charge in [-0.1, -0.05) is 15.9 Å². The van der Waals surface area contributed by atoms with E-state index in [1.165, 1.54) is 0 Å². The molecule has 3 nitrogen and oxygen atoms in total. The second kappa shape index (κ2) is 4.83. The van der Waals surface area contributed by atoms with Crippen molar-refractivity contribution >= 4 is 21.9 Å². The molecule has 1 aliphatic heterocycles. The van der Waals surface area contributed by atoms with Gasteiger partial charge in [0.1, 0.15) is 5.60 Å². The van der Waals surface area contributed by atoms with Gasteiger partial charge in [0.05, 0.1) is 5.41 Å². The summed E-state index contributed by atoms with van der Waals surface area (Å²) in [6.07, 6.45) is 1.71. The Morgan fingerprint density at radius 3 is 2.33 bits per heavy atom. The number of rotatable bonds is 2. The molecule has 0 aromatic carbocycles. The molecule has 0 aromatic rings. The highest BCUT2D eigenvalue weighted by atomic mass is 79.9. The summed E-state index contributed by atoms with van der Waals surface area (Å²) in [6, 6.07) is 0. The lowest BCUT2D eigenvalue weighted by atomic mass is 9.81. The maximum absolute atomic E-state index is 12.1. The SMILES string of the molecule is CC(C)(C)OC(=O)C1(CBr)CCNCC1. The number of esters is 1. The van der Waals surface area contributed by atoms with Gasteiger partial charge in [0.15, 0.2) is 0 Å². The van der Waals surface area contributed by atoms with Crippen LogP contribution < -0.4 is 5.32 Å². The van der Waals surface area contributed by atoms with Gasteiger partial charge in [-0.15, -0.1) is 0 Å². The number of piperidine rings is 1. The van der Waals surface area contributed by atoms with Crippen LogP contribution in [0.3, 0.4) is 0 Å². The summed E-state index contributed by atoms with van der Waals surface area (Å²) in [5.41, 5.74) is -0.713. The highest BCUT2D eigenvalue weighted by Gasteiger charge is 2.41. The van der Waals surface area contributed by atoms with E-state index in [2.05, 4.69) is 21.2 Å². The van der Waals surface area contributed by atoms with Crippen LogP contribution in [-0.2, 0) is 9.53 Å². The maximum atomic E-state index is 12.1. The van der Waals surface area contributed by atoms with Crippen LogP contribution in [0.4, 0.5) is 0 Å². The van der Waals surface area contributed by atoms with E-state index >= 15 is 0 Å². The lowest BCUT2D eigenvalue weighted by molar-refractivity contribution is -0.167. The van der Waals surface area contributed by atoms with Crippen molar-refractivity contribution in [2.45, 2.75) is 39.2 Å². The Morgan fingerprint density at radius 1 is 1.40 bits per heavy atom. The first kappa shape index (κ1) is 13.0. The lowest BCUT2D eigenvalue weighted by Crippen LogP contribution is -2.46. The summed E-state index contributed by atoms with van der Waals surface area (Å²) in [6.45, 7) is 7.52. The quantitative estimate of drug-likeness (QED) is 0.621. The highest BCUT2D eigenvalue weighted by Crippen LogP contribution is 2.33. The van der Waals surface area contributed by atoms with Gasteiger partial charge in [0.25, 0.3) is 0 Å². The molecule has 15 heavy (non-hydrogen) atoms. The highest BCUT2D eigenvalue weighted by molar-refractivity contribution is 9.09. The number of halogens is 1. The van der Waals surface area contributed by atoms with E-state index in [9.17, 15) is 4.79 Å². The number of hydrogen-bond donors (Lipinski definition) is 1. The van der Waals surface area contributed by atoms with Gasteiger partial charge < -0.3 is 10.1 Å². The first-order valence-electron chi connectivity index (χ1n) is 5.40. The summed E-state index contributed by atoms with van der Waals surface area (Å²) < 4.78 is 5.47. The molecule has 4 heteroatoms. The number of nitrogens with one attached hydrogen (secondary N) is 1. The molecule has 0 unspecified atom stereocenters. The van der Waals surface area contributed by atoms with Crippen LogP contribution in [-0.4, -0.2) is 30.0 Å². The minimum Gasteiger partial charge on any atom is -0.460 e. The van der Waals surface area contributed by atoms with Crippen LogP contribution in [0.2, 0.25) is 0 Å². The van der Waals surface area contributed by atoms with Crippen LogP contribution in [0.25, 0.3) is 0 Å². The molecule has 0 amide bonds. The zero-order chi connectivity index (χ0) is 11.5. The molecule has 1 aliphatic rings. The van der Waals surface area contributed by atoms with Gasteiger partial charge in [0.2, 0.25) is 0 Å². The summed E-state index contributed by atoms with van der Waals surface area (Å²) in [4.78, 5) is 12.1. The minimum absolute atomic E-state index is 0.0617. The van der Waals surface area contributed by atoms with E-state index in [4.69, 9.17) is 4.74 Å². The third-order valence-electron chi connectivity index (χ3n) is 2.65. The van der Waals surface area contributed by atoms with Crippen molar-refractivity contribution < 1.29 is 9.53 Å². The second-order valence-corrected chi connectivity index (χ2v) is 5.73. The number of hydrogen-bond acceptors (Lipinski definition) is 3. The van der Waals surface area contributed by atoms with E-state index in [0.29, 0.717) is 5.33 Å². The molecule has 88 valence electrons. The molecule has 0 saturated carbocycles. The fourth-order valence-corrected chi connectivity index (χ4v) is 2.47. The standard InChI is InChI=1S/C11H20BrNO2/c1-10(2,3)15-9(14)11(8-12)4-6-13-7-5-11/h13H,4-8H2,1-3H3. The first-order chi connectivity index (χ1) is 6.90. The van der Waals surface area contributed by atoms with Crippen molar-refractivity contribution in [3.05, 3.63) is 0 Å². The van der Waals surface area contributed by atoms with Gasteiger partial charge in [-0.05, 0) is 46.7 Å². The van der Waals surface area contributed by atoms with Crippen molar-refractivity contribution in [1.29, 1.82) is 0 Å². The van der Waals surface area contributed by atoms with Crippen molar-refractivity contribution in [1.82, 2.24) is 5.32 Å². The van der Waals surface area contributed by atoms with Gasteiger partial charge in [-0.3, -0.25) is 4.79 Å². The van der Waals surface area contributed by atoms with Crippen molar-refractivity contribution in [2.24, 2.45) is 5.41 Å². The van der Waals surface area contributed by atoms with Crippen molar-refractivity contribution in [2.75, 3.05) is 18.4 Å². The second-order valence-electron chi connectivity index (χ2n) is 5.17. The molecule has 0 radical (unpaired) electrons. The zero-order valence-electron chi connectivity index (χ0n) is 9.73. The summed E-state index contributed by atoms with van der Waals surface area (Å²) in [7, 11) is 0. The van der Waals surface area contributed by atoms with E-state index in [1.54, 1.807) is 0 Å². The average molecular weight is 278 g/mol. The average Bonchev–Trinajstić information content (AvgIpc) is 2.16. The van der Waals surface area contributed by atoms with E-state index in [0.717, 1.165) is 25.9 Å². The molecule has 0 aromatic heterocycles. The van der Waals surface area contributed by atoms with Crippen LogP contribution in [0.5, 0.6) is 0 Å². The number of alkyl halides is 1. The largest absolute Gasteiger partial charge is 0.460 e. The molecule has 0 aliphatic carbocycles. The molecular weight excluding hydrogens is 258 g/mol. The molecule has 0 spiro atoms. The maximum Gasteiger partial charge on any atom is 0.313 e. The van der Waals surface area contributed by atoms with E-state index in [-0.39, 0.29) is 11.4 Å². The Morgan fingerprint density at radius 2 is 1.93 bits per heavy atom. The molecule has 1 saturated heterocycles. The minimum atomic E-state index is -0.392. The molecule has 1 N–H and O–H groups in total. The van der Waals surface area contributed by atoms with Crippen LogP contribution in [0.1, 0.15) is 33.6 Å². The fourth-order valence-electron chi connectivity index (χ4n) is 1.68. The van der Waals surface area contributed by atoms with Gasteiger partial charge >= 0.3 is 5.97 Å². The molecular formula is C11H20BrNO2. The van der Waals surface area contributed by atoms with Gasteiger partial charge in [0, 0.05) is 5.33 Å². The molecule has 1 fully saturated rings. The van der Waals surface area contributed by atoms with Crippen LogP contribution in [0, 0.1) is 5.41 Å². The predicted molar refractivity (Wildman–Crippen MR) is 64.2 cm³/mol. The van der Waals surface area contributed by atoms with E-state index in [1.807, 2.05) is 20.8 Å². The smallest absolute Gasteiger partial charge is 0.313 e. The molecule has 0 bridgehead atoms. The molecule has 0 atom stereocenters. The Kier molecular flexibility index (Phi) is 4.18. The predicted octanol–water partition coefficient (Wildman–Crippen LogP) is 2.09. The first-order valence-corrected chi connectivity index (χ1v) is 6.52. The number of ether oxygens (including phenoxy) is 1. The molecule has 1 rings (SSSR count). The third kappa shape index (κ3) is 3.45. The van der Waals surface area contributed by atoms with E-state index < -0.39 is 5.60 Å².